The van der Waals surface area contributed by atoms with Gasteiger partial charge in [-0.3, -0.25) is 14.4 Å². The van der Waals surface area contributed by atoms with E-state index in [1.165, 1.54) is 0 Å². The molecule has 1 aromatic rings. The molecule has 0 aliphatic carbocycles. The van der Waals surface area contributed by atoms with E-state index in [4.69, 9.17) is 14.2 Å². The molecule has 2 aliphatic rings. The second-order valence-electron chi connectivity index (χ2n) is 9.94. The summed E-state index contributed by atoms with van der Waals surface area (Å²) < 4.78 is 16.1. The average molecular weight is 490 g/mol. The molecule has 3 rings (SSSR count). The van der Waals surface area contributed by atoms with Gasteiger partial charge >= 0.3 is 11.9 Å². The summed E-state index contributed by atoms with van der Waals surface area (Å²) in [5, 5.41) is 4.60. The van der Waals surface area contributed by atoms with Crippen LogP contribution in [0.15, 0.2) is 24.3 Å². The Hall–Kier alpha value is -2.65. The molecule has 2 saturated heterocycles. The Morgan fingerprint density at radius 3 is 2.26 bits per heavy atom. The summed E-state index contributed by atoms with van der Waals surface area (Å²) in [6, 6.07) is 7.08. The fourth-order valence-electron chi connectivity index (χ4n) is 4.34. The van der Waals surface area contributed by atoms with Gasteiger partial charge in [0.25, 0.3) is 5.91 Å². The van der Waals surface area contributed by atoms with Gasteiger partial charge in [0.2, 0.25) is 0 Å². The highest BCUT2D eigenvalue weighted by molar-refractivity contribution is 5.94. The number of benzene rings is 1. The molecule has 35 heavy (non-hydrogen) atoms. The molecule has 1 amide bonds. The van der Waals surface area contributed by atoms with Crippen molar-refractivity contribution in [2.45, 2.75) is 52.6 Å². The molecule has 0 radical (unpaired) electrons. The van der Waals surface area contributed by atoms with E-state index in [0.717, 1.165) is 39.0 Å². The largest absolute Gasteiger partial charge is 0.493 e. The zero-order valence-corrected chi connectivity index (χ0v) is 21.5. The van der Waals surface area contributed by atoms with Gasteiger partial charge in [-0.05, 0) is 58.7 Å². The Bertz CT molecular complexity index is 868. The number of amides is 1. The number of piperazine rings is 1. The maximum atomic E-state index is 13.0. The van der Waals surface area contributed by atoms with Crippen LogP contribution in [0.4, 0.5) is 0 Å². The molecule has 2 aliphatic heterocycles. The Morgan fingerprint density at radius 1 is 0.971 bits per heavy atom. The number of piperidine rings is 1. The third-order valence-corrected chi connectivity index (χ3v) is 6.12. The van der Waals surface area contributed by atoms with Crippen molar-refractivity contribution in [3.05, 3.63) is 29.8 Å². The highest BCUT2D eigenvalue weighted by Crippen LogP contribution is 2.23. The third-order valence-electron chi connectivity index (χ3n) is 6.12. The Kier molecular flexibility index (Phi) is 9.51. The number of hydrazine groups is 1. The van der Waals surface area contributed by atoms with Crippen molar-refractivity contribution in [3.63, 3.8) is 0 Å². The van der Waals surface area contributed by atoms with Crippen LogP contribution >= 0.6 is 0 Å². The first-order valence-corrected chi connectivity index (χ1v) is 12.6. The van der Waals surface area contributed by atoms with Gasteiger partial charge in [0, 0.05) is 44.8 Å². The summed E-state index contributed by atoms with van der Waals surface area (Å²) >= 11 is 0. The van der Waals surface area contributed by atoms with Crippen molar-refractivity contribution in [1.82, 2.24) is 14.9 Å². The topological polar surface area (TPSA) is 88.6 Å². The van der Waals surface area contributed by atoms with Crippen LogP contribution in [-0.4, -0.2) is 90.8 Å². The highest BCUT2D eigenvalue weighted by atomic mass is 16.6. The fraction of sp³-hybridized carbons (Fsp3) is 0.654. The quantitative estimate of drug-likeness (QED) is 0.515. The molecule has 0 atom stereocenters. The predicted molar refractivity (Wildman–Crippen MR) is 131 cm³/mol. The first kappa shape index (κ1) is 26.9. The van der Waals surface area contributed by atoms with Gasteiger partial charge in [0.15, 0.2) is 0 Å². The van der Waals surface area contributed by atoms with Gasteiger partial charge in [-0.25, -0.2) is 10.0 Å². The highest BCUT2D eigenvalue weighted by Gasteiger charge is 2.32. The van der Waals surface area contributed by atoms with Crippen LogP contribution in [0.2, 0.25) is 0 Å². The smallest absolute Gasteiger partial charge is 0.309 e. The number of ether oxygens (including phenoxy) is 3. The molecule has 194 valence electrons. The van der Waals surface area contributed by atoms with E-state index < -0.39 is 5.60 Å². The van der Waals surface area contributed by atoms with Gasteiger partial charge in [0.1, 0.15) is 11.4 Å². The molecule has 9 nitrogen and oxygen atoms in total. The molecular weight excluding hydrogens is 450 g/mol. The number of hydrogen-bond donors (Lipinski definition) is 0. The number of carbonyl (C=O) groups excluding carboxylic acids is 3. The number of rotatable bonds is 8. The lowest BCUT2D eigenvalue weighted by Gasteiger charge is -2.43. The SMILES string of the molecule is CCOC(=O)CCOc1cccc(C(=O)N2CCN(N3CCC(C(=O)OC(C)(C)C)CC3)CC2)c1. The predicted octanol–water partition coefficient (Wildman–Crippen LogP) is 2.75. The van der Waals surface area contributed by atoms with E-state index in [1.54, 1.807) is 31.2 Å². The van der Waals surface area contributed by atoms with Gasteiger partial charge in [-0.2, -0.15) is 0 Å². The van der Waals surface area contributed by atoms with Gasteiger partial charge in [0.05, 0.1) is 25.6 Å². The summed E-state index contributed by atoms with van der Waals surface area (Å²) in [6.07, 6.45) is 1.75. The summed E-state index contributed by atoms with van der Waals surface area (Å²) in [4.78, 5) is 38.7. The van der Waals surface area contributed by atoms with Crippen LogP contribution in [-0.2, 0) is 19.1 Å². The van der Waals surface area contributed by atoms with Crippen LogP contribution in [0.1, 0.15) is 57.3 Å². The Balaban J connectivity index is 1.43. The molecule has 1 aromatic carbocycles. The van der Waals surface area contributed by atoms with E-state index in [0.29, 0.717) is 31.0 Å². The fourth-order valence-corrected chi connectivity index (χ4v) is 4.34. The molecule has 0 spiro atoms. The summed E-state index contributed by atoms with van der Waals surface area (Å²) in [7, 11) is 0. The van der Waals surface area contributed by atoms with E-state index >= 15 is 0 Å². The number of nitrogens with zero attached hydrogens (tertiary/aromatic N) is 3. The number of esters is 2. The average Bonchev–Trinajstić information content (AvgIpc) is 2.83. The van der Waals surface area contributed by atoms with E-state index in [-0.39, 0.29) is 36.8 Å². The van der Waals surface area contributed by atoms with Crippen LogP contribution < -0.4 is 4.74 Å². The van der Waals surface area contributed by atoms with Crippen LogP contribution in [0, 0.1) is 5.92 Å². The van der Waals surface area contributed by atoms with Crippen molar-refractivity contribution < 1.29 is 28.6 Å². The number of hydrogen-bond acceptors (Lipinski definition) is 8. The van der Waals surface area contributed by atoms with Crippen molar-refractivity contribution in [2.24, 2.45) is 5.92 Å². The van der Waals surface area contributed by atoms with Crippen molar-refractivity contribution >= 4 is 17.8 Å². The first-order valence-electron chi connectivity index (χ1n) is 12.6. The van der Waals surface area contributed by atoms with Gasteiger partial charge in [-0.1, -0.05) is 6.07 Å². The minimum Gasteiger partial charge on any atom is -0.493 e. The maximum absolute atomic E-state index is 13.0. The minimum absolute atomic E-state index is 0.0240. The van der Waals surface area contributed by atoms with Crippen molar-refractivity contribution in [1.29, 1.82) is 0 Å². The van der Waals surface area contributed by atoms with Crippen LogP contribution in [0.5, 0.6) is 5.75 Å². The lowest BCUT2D eigenvalue weighted by Crippen LogP contribution is -2.56. The lowest BCUT2D eigenvalue weighted by atomic mass is 9.97. The molecule has 0 N–H and O–H groups in total. The lowest BCUT2D eigenvalue weighted by molar-refractivity contribution is -0.164. The van der Waals surface area contributed by atoms with Crippen LogP contribution in [0.25, 0.3) is 0 Å². The Labute approximate surface area is 208 Å². The zero-order valence-electron chi connectivity index (χ0n) is 21.5. The first-order chi connectivity index (χ1) is 16.7. The molecular formula is C26H39N3O6. The summed E-state index contributed by atoms with van der Waals surface area (Å²) in [6.45, 7) is 12.5. The molecule has 0 bridgehead atoms. The van der Waals surface area contributed by atoms with E-state index in [9.17, 15) is 14.4 Å². The number of carbonyl (C=O) groups is 3. The summed E-state index contributed by atoms with van der Waals surface area (Å²) in [5.74, 6) is 0.0993. The maximum Gasteiger partial charge on any atom is 0.309 e. The minimum atomic E-state index is -0.453. The Morgan fingerprint density at radius 2 is 1.63 bits per heavy atom. The van der Waals surface area contributed by atoms with Crippen LogP contribution in [0.3, 0.4) is 0 Å². The second kappa shape index (κ2) is 12.4. The molecule has 9 heteroatoms. The standard InChI is InChI=1S/C26H39N3O6/c1-5-33-23(30)11-18-34-22-8-6-7-21(19-22)24(31)27-14-16-29(17-15-27)28-12-9-20(10-13-28)25(32)35-26(2,3)4/h6-8,19-20H,5,9-18H2,1-4H3. The van der Waals surface area contributed by atoms with Crippen molar-refractivity contribution in [3.8, 4) is 5.75 Å². The van der Waals surface area contributed by atoms with E-state index in [1.807, 2.05) is 25.7 Å². The molecule has 0 saturated carbocycles. The second-order valence-corrected chi connectivity index (χ2v) is 9.94. The van der Waals surface area contributed by atoms with Crippen molar-refractivity contribution in [2.75, 3.05) is 52.5 Å². The van der Waals surface area contributed by atoms with Gasteiger partial charge < -0.3 is 19.1 Å². The van der Waals surface area contributed by atoms with E-state index in [2.05, 4.69) is 10.0 Å². The molecule has 2 heterocycles. The normalized spacial score (nSPS) is 18.2. The third kappa shape index (κ3) is 8.21. The molecule has 0 unspecified atom stereocenters. The molecule has 2 fully saturated rings. The molecule has 0 aromatic heterocycles. The summed E-state index contributed by atoms with van der Waals surface area (Å²) in [5.41, 5.74) is 0.121. The monoisotopic (exact) mass is 489 g/mol. The zero-order chi connectivity index (χ0) is 25.4. The van der Waals surface area contributed by atoms with Gasteiger partial charge in [-0.15, -0.1) is 0 Å².